The molecule has 0 bridgehead atoms. The first-order chi connectivity index (χ1) is 14.1. The summed E-state index contributed by atoms with van der Waals surface area (Å²) in [6.45, 7) is 1.88. The largest absolute Gasteiger partial charge is 0.507 e. The number of rotatable bonds is 7. The van der Waals surface area contributed by atoms with Crippen LogP contribution in [0.1, 0.15) is 34.9 Å². The summed E-state index contributed by atoms with van der Waals surface area (Å²) in [5.41, 5.74) is 1.67. The van der Waals surface area contributed by atoms with Crippen molar-refractivity contribution in [1.29, 1.82) is 0 Å². The van der Waals surface area contributed by atoms with Gasteiger partial charge in [-0.2, -0.15) is 0 Å². The lowest BCUT2D eigenvalue weighted by Gasteiger charge is -2.34. The first-order valence-electron chi connectivity index (χ1n) is 9.68. The molecule has 2 aromatic rings. The number of aliphatic hydroxyl groups excluding tert-OH is 1. The van der Waals surface area contributed by atoms with Gasteiger partial charge in [-0.3, -0.25) is 0 Å². The van der Waals surface area contributed by atoms with Gasteiger partial charge in [-0.25, -0.2) is 13.2 Å². The number of nitrogens with zero attached hydrogens (tertiary/aromatic N) is 1. The lowest BCUT2D eigenvalue weighted by Crippen LogP contribution is -2.43. The molecule has 1 aliphatic rings. The number of carboxylic acids is 1. The van der Waals surface area contributed by atoms with E-state index in [1.165, 1.54) is 18.2 Å². The van der Waals surface area contributed by atoms with Crippen LogP contribution < -0.4 is 10.2 Å². The number of sulfone groups is 1. The Kier molecular flexibility index (Phi) is 6.64. The van der Waals surface area contributed by atoms with Crippen LogP contribution in [0.3, 0.4) is 0 Å². The van der Waals surface area contributed by atoms with Crippen LogP contribution in [-0.2, 0) is 9.84 Å². The van der Waals surface area contributed by atoms with Crippen LogP contribution in [-0.4, -0.2) is 61.6 Å². The van der Waals surface area contributed by atoms with Crippen LogP contribution in [0.4, 0.5) is 5.69 Å². The summed E-state index contributed by atoms with van der Waals surface area (Å²) >= 11 is 0. The standard InChI is InChI=1S/C21H26N2O6S/c1-30(28,29)20-12-15(4-7-18(20)24)19(25)13-22-16-8-10-23(11-9-16)17-5-2-14(3-6-17)21(26)27/h2-7,12,16,19,22,24-25H,8-11,13H2,1H3,(H,26,27). The minimum Gasteiger partial charge on any atom is -0.507 e. The van der Waals surface area contributed by atoms with Gasteiger partial charge in [0.1, 0.15) is 10.6 Å². The number of anilines is 1. The molecule has 0 saturated carbocycles. The highest BCUT2D eigenvalue weighted by atomic mass is 32.2. The molecule has 1 atom stereocenters. The van der Waals surface area contributed by atoms with Gasteiger partial charge in [-0.15, -0.1) is 0 Å². The van der Waals surface area contributed by atoms with Gasteiger partial charge in [-0.05, 0) is 54.8 Å². The first kappa shape index (κ1) is 22.1. The topological polar surface area (TPSA) is 127 Å². The Labute approximate surface area is 175 Å². The van der Waals surface area contributed by atoms with E-state index in [1.54, 1.807) is 12.1 Å². The average Bonchev–Trinajstić information content (AvgIpc) is 2.72. The third kappa shape index (κ3) is 5.29. The molecule has 0 aromatic heterocycles. The predicted molar refractivity (Wildman–Crippen MR) is 113 cm³/mol. The molecule has 0 aliphatic carbocycles. The summed E-state index contributed by atoms with van der Waals surface area (Å²) in [6, 6.07) is 11.1. The van der Waals surface area contributed by atoms with Crippen molar-refractivity contribution < 1.29 is 28.5 Å². The maximum absolute atomic E-state index is 11.7. The Bertz CT molecular complexity index is 999. The zero-order valence-electron chi connectivity index (χ0n) is 16.7. The molecular formula is C21H26N2O6S. The van der Waals surface area contributed by atoms with Crippen molar-refractivity contribution in [2.75, 3.05) is 30.8 Å². The van der Waals surface area contributed by atoms with E-state index in [0.717, 1.165) is 37.9 Å². The molecule has 1 aliphatic heterocycles. The van der Waals surface area contributed by atoms with Gasteiger partial charge in [0, 0.05) is 37.6 Å². The van der Waals surface area contributed by atoms with Crippen LogP contribution in [0.5, 0.6) is 5.75 Å². The SMILES string of the molecule is CS(=O)(=O)c1cc(C(O)CNC2CCN(c3ccc(C(=O)O)cc3)CC2)ccc1O. The Morgan fingerprint density at radius 3 is 2.37 bits per heavy atom. The third-order valence-electron chi connectivity index (χ3n) is 5.34. The Balaban J connectivity index is 1.53. The van der Waals surface area contributed by atoms with Crippen LogP contribution >= 0.6 is 0 Å². The van der Waals surface area contributed by atoms with Crippen molar-refractivity contribution in [2.24, 2.45) is 0 Å². The number of piperidine rings is 1. The number of aromatic hydroxyl groups is 1. The van der Waals surface area contributed by atoms with Crippen molar-refractivity contribution in [2.45, 2.75) is 29.9 Å². The van der Waals surface area contributed by atoms with Gasteiger partial charge < -0.3 is 25.5 Å². The lowest BCUT2D eigenvalue weighted by atomic mass is 10.0. The van der Waals surface area contributed by atoms with Gasteiger partial charge in [0.15, 0.2) is 9.84 Å². The number of nitrogens with one attached hydrogen (secondary N) is 1. The van der Waals surface area contributed by atoms with Crippen molar-refractivity contribution in [3.05, 3.63) is 53.6 Å². The summed E-state index contributed by atoms with van der Waals surface area (Å²) in [5, 5.41) is 32.5. The molecule has 0 radical (unpaired) electrons. The number of phenolic OH excluding ortho intramolecular Hbond substituents is 1. The molecule has 1 unspecified atom stereocenters. The molecule has 1 heterocycles. The highest BCUT2D eigenvalue weighted by molar-refractivity contribution is 7.90. The molecule has 0 amide bonds. The van der Waals surface area contributed by atoms with E-state index in [-0.39, 0.29) is 28.8 Å². The van der Waals surface area contributed by atoms with Gasteiger partial charge in [0.25, 0.3) is 0 Å². The van der Waals surface area contributed by atoms with Gasteiger partial charge in [0.2, 0.25) is 0 Å². The first-order valence-corrected chi connectivity index (χ1v) is 11.6. The van der Waals surface area contributed by atoms with Gasteiger partial charge in [0.05, 0.1) is 11.7 Å². The van der Waals surface area contributed by atoms with Crippen molar-refractivity contribution >= 4 is 21.5 Å². The molecule has 30 heavy (non-hydrogen) atoms. The summed E-state index contributed by atoms with van der Waals surface area (Å²) in [6.07, 6.45) is 1.84. The molecule has 1 saturated heterocycles. The Morgan fingerprint density at radius 1 is 1.17 bits per heavy atom. The Hall–Kier alpha value is -2.62. The molecule has 162 valence electrons. The number of aromatic carboxylic acids is 1. The zero-order chi connectivity index (χ0) is 21.9. The third-order valence-corrected chi connectivity index (χ3v) is 6.47. The average molecular weight is 435 g/mol. The molecule has 0 spiro atoms. The Morgan fingerprint density at radius 2 is 1.80 bits per heavy atom. The number of phenols is 1. The second kappa shape index (κ2) is 9.03. The highest BCUT2D eigenvalue weighted by Gasteiger charge is 2.21. The maximum atomic E-state index is 11.7. The van der Waals surface area contributed by atoms with E-state index in [2.05, 4.69) is 10.2 Å². The van der Waals surface area contributed by atoms with E-state index < -0.39 is 21.9 Å². The van der Waals surface area contributed by atoms with Crippen molar-refractivity contribution in [3.63, 3.8) is 0 Å². The highest BCUT2D eigenvalue weighted by Crippen LogP contribution is 2.27. The molecular weight excluding hydrogens is 408 g/mol. The molecule has 8 nitrogen and oxygen atoms in total. The quantitative estimate of drug-likeness (QED) is 0.519. The maximum Gasteiger partial charge on any atom is 0.335 e. The monoisotopic (exact) mass is 434 g/mol. The zero-order valence-corrected chi connectivity index (χ0v) is 17.5. The predicted octanol–water partition coefficient (Wildman–Crippen LogP) is 1.79. The molecule has 4 N–H and O–H groups in total. The second-order valence-corrected chi connectivity index (χ2v) is 9.52. The van der Waals surface area contributed by atoms with Crippen LogP contribution in [0.25, 0.3) is 0 Å². The normalized spacial score (nSPS) is 16.4. The van der Waals surface area contributed by atoms with Crippen molar-refractivity contribution in [3.8, 4) is 5.75 Å². The smallest absolute Gasteiger partial charge is 0.335 e. The number of benzene rings is 2. The lowest BCUT2D eigenvalue weighted by molar-refractivity contribution is 0.0697. The number of hydrogen-bond donors (Lipinski definition) is 4. The minimum absolute atomic E-state index is 0.193. The van der Waals surface area contributed by atoms with E-state index in [0.29, 0.717) is 5.56 Å². The summed E-state index contributed by atoms with van der Waals surface area (Å²) in [5.74, 6) is -1.27. The summed E-state index contributed by atoms with van der Waals surface area (Å²) < 4.78 is 23.5. The van der Waals surface area contributed by atoms with E-state index in [1.807, 2.05) is 12.1 Å². The van der Waals surface area contributed by atoms with Crippen LogP contribution in [0.15, 0.2) is 47.4 Å². The summed E-state index contributed by atoms with van der Waals surface area (Å²) in [7, 11) is -3.58. The van der Waals surface area contributed by atoms with E-state index in [4.69, 9.17) is 5.11 Å². The van der Waals surface area contributed by atoms with Crippen LogP contribution in [0, 0.1) is 0 Å². The molecule has 1 fully saturated rings. The fraction of sp³-hybridized carbons (Fsp3) is 0.381. The second-order valence-electron chi connectivity index (χ2n) is 7.54. The fourth-order valence-corrected chi connectivity index (χ4v) is 4.39. The molecule has 9 heteroatoms. The summed E-state index contributed by atoms with van der Waals surface area (Å²) in [4.78, 5) is 13.0. The van der Waals surface area contributed by atoms with Gasteiger partial charge in [-0.1, -0.05) is 6.07 Å². The van der Waals surface area contributed by atoms with E-state index >= 15 is 0 Å². The fourth-order valence-electron chi connectivity index (χ4n) is 3.59. The number of carbonyl (C=O) groups is 1. The molecule has 3 rings (SSSR count). The van der Waals surface area contributed by atoms with Crippen molar-refractivity contribution in [1.82, 2.24) is 5.32 Å². The van der Waals surface area contributed by atoms with E-state index in [9.17, 15) is 23.4 Å². The number of hydrogen-bond acceptors (Lipinski definition) is 7. The minimum atomic E-state index is -3.58. The number of carboxylic acid groups (broad SMARTS) is 1. The van der Waals surface area contributed by atoms with Crippen LogP contribution in [0.2, 0.25) is 0 Å². The van der Waals surface area contributed by atoms with Gasteiger partial charge >= 0.3 is 5.97 Å². The number of aliphatic hydroxyl groups is 1. The molecule has 2 aromatic carbocycles.